The van der Waals surface area contributed by atoms with E-state index in [0.717, 1.165) is 0 Å². The number of rotatable bonds is 2. The second-order valence-corrected chi connectivity index (χ2v) is 5.43. The maximum absolute atomic E-state index is 11.8. The topological polar surface area (TPSA) is 70.2 Å². The van der Waals surface area contributed by atoms with Crippen molar-refractivity contribution in [2.45, 2.75) is 13.8 Å². The lowest BCUT2D eigenvalue weighted by molar-refractivity contribution is -0.122. The van der Waals surface area contributed by atoms with E-state index in [2.05, 4.69) is 16.2 Å². The lowest BCUT2D eigenvalue weighted by Gasteiger charge is -2.12. The van der Waals surface area contributed by atoms with Crippen LogP contribution in [0.2, 0.25) is 10.0 Å². The predicted octanol–water partition coefficient (Wildman–Crippen LogP) is 2.28. The molecule has 0 aromatic heterocycles. The zero-order valence-electron chi connectivity index (χ0n) is 10.8. The predicted molar refractivity (Wildman–Crippen MR) is 82.6 cm³/mol. The monoisotopic (exact) mass is 333 g/mol. The third-order valence-electron chi connectivity index (χ3n) is 2.23. The highest BCUT2D eigenvalue weighted by molar-refractivity contribution is 7.80. The first-order valence-electron chi connectivity index (χ1n) is 5.67. The van der Waals surface area contributed by atoms with Crippen LogP contribution in [-0.4, -0.2) is 16.9 Å². The molecule has 0 aliphatic heterocycles. The molecule has 20 heavy (non-hydrogen) atoms. The Kier molecular flexibility index (Phi) is 6.19. The Morgan fingerprint density at radius 2 is 1.85 bits per heavy atom. The molecule has 0 fully saturated rings. The zero-order chi connectivity index (χ0) is 15.3. The Morgan fingerprint density at radius 3 is 2.40 bits per heavy atom. The summed E-state index contributed by atoms with van der Waals surface area (Å²) in [6, 6.07) is 4.48. The number of amides is 2. The van der Waals surface area contributed by atoms with Crippen LogP contribution in [0.1, 0.15) is 24.2 Å². The minimum Gasteiger partial charge on any atom is -0.302 e. The van der Waals surface area contributed by atoms with Gasteiger partial charge in [0.15, 0.2) is 5.11 Å². The number of carbonyl (C=O) groups is 2. The number of hydrazine groups is 1. The molecular weight excluding hydrogens is 321 g/mol. The van der Waals surface area contributed by atoms with Crippen LogP contribution in [0.3, 0.4) is 0 Å². The van der Waals surface area contributed by atoms with Crippen molar-refractivity contribution in [3.63, 3.8) is 0 Å². The van der Waals surface area contributed by atoms with Crippen LogP contribution in [0.25, 0.3) is 0 Å². The molecular formula is C12H13Cl2N3O2S. The first-order chi connectivity index (χ1) is 9.31. The van der Waals surface area contributed by atoms with Gasteiger partial charge in [0, 0.05) is 10.9 Å². The molecule has 0 saturated heterocycles. The molecule has 2 amide bonds. The van der Waals surface area contributed by atoms with E-state index in [1.54, 1.807) is 19.9 Å². The number of benzene rings is 1. The van der Waals surface area contributed by atoms with E-state index >= 15 is 0 Å². The summed E-state index contributed by atoms with van der Waals surface area (Å²) in [5.74, 6) is -0.953. The van der Waals surface area contributed by atoms with E-state index < -0.39 is 5.91 Å². The fourth-order valence-corrected chi connectivity index (χ4v) is 1.79. The number of hydrogen-bond acceptors (Lipinski definition) is 3. The molecule has 0 atom stereocenters. The lowest BCUT2D eigenvalue weighted by atomic mass is 10.2. The summed E-state index contributed by atoms with van der Waals surface area (Å²) in [5, 5.41) is 3.07. The third kappa shape index (κ3) is 4.96. The van der Waals surface area contributed by atoms with Gasteiger partial charge in [-0.3, -0.25) is 20.4 Å². The smallest absolute Gasteiger partial charge is 0.271 e. The van der Waals surface area contributed by atoms with E-state index in [1.165, 1.54) is 12.1 Å². The summed E-state index contributed by atoms with van der Waals surface area (Å²) in [4.78, 5) is 23.2. The summed E-state index contributed by atoms with van der Waals surface area (Å²) in [5.41, 5.74) is 4.99. The highest BCUT2D eigenvalue weighted by atomic mass is 35.5. The van der Waals surface area contributed by atoms with E-state index in [9.17, 15) is 9.59 Å². The standard InChI is InChI=1S/C12H13Cl2N3O2S/c1-6(2)10(18)15-12(20)17-16-11(19)8-4-3-7(13)5-9(8)14/h3-6H,1-2H3,(H,16,19)(H2,15,17,18,20). The van der Waals surface area contributed by atoms with Crippen molar-refractivity contribution in [3.8, 4) is 0 Å². The van der Waals surface area contributed by atoms with E-state index in [1.807, 2.05) is 0 Å². The molecule has 0 bridgehead atoms. The SMILES string of the molecule is CC(C)C(=O)NC(=S)NNC(=O)c1ccc(Cl)cc1Cl. The maximum Gasteiger partial charge on any atom is 0.271 e. The van der Waals surface area contributed by atoms with Gasteiger partial charge in [-0.25, -0.2) is 0 Å². The molecule has 0 radical (unpaired) electrons. The number of thiocarbonyl (C=S) groups is 1. The molecule has 0 unspecified atom stereocenters. The van der Waals surface area contributed by atoms with Gasteiger partial charge in [-0.1, -0.05) is 37.0 Å². The lowest BCUT2D eigenvalue weighted by Crippen LogP contribution is -2.49. The van der Waals surface area contributed by atoms with Gasteiger partial charge in [-0.05, 0) is 30.4 Å². The first-order valence-corrected chi connectivity index (χ1v) is 6.84. The van der Waals surface area contributed by atoms with Gasteiger partial charge in [-0.15, -0.1) is 0 Å². The summed E-state index contributed by atoms with van der Waals surface area (Å²) < 4.78 is 0. The molecule has 0 aliphatic carbocycles. The van der Waals surface area contributed by atoms with Gasteiger partial charge in [0.05, 0.1) is 10.6 Å². The Morgan fingerprint density at radius 1 is 1.20 bits per heavy atom. The summed E-state index contributed by atoms with van der Waals surface area (Å²) >= 11 is 16.5. The van der Waals surface area contributed by atoms with Crippen molar-refractivity contribution in [1.82, 2.24) is 16.2 Å². The summed E-state index contributed by atoms with van der Waals surface area (Å²) in [6.07, 6.45) is 0. The largest absolute Gasteiger partial charge is 0.302 e. The molecule has 5 nitrogen and oxygen atoms in total. The highest BCUT2D eigenvalue weighted by Gasteiger charge is 2.12. The second-order valence-electron chi connectivity index (χ2n) is 4.18. The van der Waals surface area contributed by atoms with Gasteiger partial charge >= 0.3 is 0 Å². The average Bonchev–Trinajstić information content (AvgIpc) is 2.35. The van der Waals surface area contributed by atoms with Crippen LogP contribution in [-0.2, 0) is 4.79 Å². The van der Waals surface area contributed by atoms with Crippen molar-refractivity contribution in [3.05, 3.63) is 33.8 Å². The van der Waals surface area contributed by atoms with Crippen LogP contribution in [0, 0.1) is 5.92 Å². The number of hydrogen-bond donors (Lipinski definition) is 3. The summed E-state index contributed by atoms with van der Waals surface area (Å²) in [6.45, 7) is 3.45. The van der Waals surface area contributed by atoms with Crippen molar-refractivity contribution in [2.75, 3.05) is 0 Å². The maximum atomic E-state index is 11.8. The highest BCUT2D eigenvalue weighted by Crippen LogP contribution is 2.20. The minimum absolute atomic E-state index is 0.00198. The van der Waals surface area contributed by atoms with Crippen molar-refractivity contribution >= 4 is 52.3 Å². The molecule has 3 N–H and O–H groups in total. The van der Waals surface area contributed by atoms with Crippen molar-refractivity contribution in [1.29, 1.82) is 0 Å². The molecule has 0 heterocycles. The second kappa shape index (κ2) is 7.42. The summed E-state index contributed by atoms with van der Waals surface area (Å²) in [7, 11) is 0. The molecule has 1 aromatic carbocycles. The molecule has 0 aliphatic rings. The van der Waals surface area contributed by atoms with Gasteiger partial charge in [0.25, 0.3) is 5.91 Å². The Labute approximate surface area is 132 Å². The van der Waals surface area contributed by atoms with Gasteiger partial charge in [0.1, 0.15) is 0 Å². The zero-order valence-corrected chi connectivity index (χ0v) is 13.1. The van der Waals surface area contributed by atoms with Gasteiger partial charge in [0.2, 0.25) is 5.91 Å². The van der Waals surface area contributed by atoms with E-state index in [-0.39, 0.29) is 27.5 Å². The van der Waals surface area contributed by atoms with Crippen molar-refractivity contribution < 1.29 is 9.59 Å². The molecule has 0 spiro atoms. The normalized spacial score (nSPS) is 10.1. The number of halogens is 2. The Bertz CT molecular complexity index is 550. The number of nitrogens with one attached hydrogen (secondary N) is 3. The van der Waals surface area contributed by atoms with Crippen LogP contribution in [0.4, 0.5) is 0 Å². The quantitative estimate of drug-likeness (QED) is 0.573. The Hall–Kier alpha value is -1.37. The average molecular weight is 334 g/mol. The van der Waals surface area contributed by atoms with Crippen LogP contribution < -0.4 is 16.2 Å². The molecule has 1 rings (SSSR count). The van der Waals surface area contributed by atoms with Crippen molar-refractivity contribution in [2.24, 2.45) is 5.92 Å². The van der Waals surface area contributed by atoms with Crippen LogP contribution in [0.15, 0.2) is 18.2 Å². The molecule has 0 saturated carbocycles. The van der Waals surface area contributed by atoms with Gasteiger partial charge in [-0.2, -0.15) is 0 Å². The van der Waals surface area contributed by atoms with Crippen LogP contribution in [0.5, 0.6) is 0 Å². The molecule has 1 aromatic rings. The molecule has 108 valence electrons. The van der Waals surface area contributed by atoms with E-state index in [0.29, 0.717) is 5.02 Å². The third-order valence-corrected chi connectivity index (χ3v) is 2.98. The fraction of sp³-hybridized carbons (Fsp3) is 0.250. The molecule has 8 heteroatoms. The minimum atomic E-state index is -0.493. The van der Waals surface area contributed by atoms with E-state index in [4.69, 9.17) is 35.4 Å². The Balaban J connectivity index is 2.55. The van der Waals surface area contributed by atoms with Gasteiger partial charge < -0.3 is 5.32 Å². The number of carbonyl (C=O) groups excluding carboxylic acids is 2. The first kappa shape index (κ1) is 16.7. The fourth-order valence-electron chi connectivity index (χ4n) is 1.14. The van der Waals surface area contributed by atoms with Crippen LogP contribution >= 0.6 is 35.4 Å².